The third-order valence-electron chi connectivity index (χ3n) is 6.30. The van der Waals surface area contributed by atoms with Crippen LogP contribution in [0.25, 0.3) is 5.69 Å². The van der Waals surface area contributed by atoms with Gasteiger partial charge in [0.2, 0.25) is 18.1 Å². The van der Waals surface area contributed by atoms with Crippen molar-refractivity contribution in [2.45, 2.75) is 65.0 Å². The Labute approximate surface area is 193 Å². The molecule has 33 heavy (non-hydrogen) atoms. The van der Waals surface area contributed by atoms with Gasteiger partial charge in [0, 0.05) is 43.3 Å². The highest BCUT2D eigenvalue weighted by Crippen LogP contribution is 2.24. The minimum absolute atomic E-state index is 0.130. The number of aromatic nitrogens is 5. The number of imidazole rings is 1. The predicted molar refractivity (Wildman–Crippen MR) is 123 cm³/mol. The SMILES string of the molecule is CNC(=O)[C@@H](Cc1cnc[nH]1)NC(=O)CC[C@@H]1CCc2nn(-c3c(C)cc(C)cc3C)c[n+]21. The second-order valence-corrected chi connectivity index (χ2v) is 8.88. The van der Waals surface area contributed by atoms with Gasteiger partial charge in [0.15, 0.2) is 0 Å². The van der Waals surface area contributed by atoms with Gasteiger partial charge in [0.1, 0.15) is 11.7 Å². The maximum atomic E-state index is 12.7. The van der Waals surface area contributed by atoms with Gasteiger partial charge in [-0.15, -0.1) is 0 Å². The molecule has 174 valence electrons. The molecule has 9 nitrogen and oxygen atoms in total. The van der Waals surface area contributed by atoms with E-state index in [1.54, 1.807) is 19.6 Å². The lowest BCUT2D eigenvalue weighted by molar-refractivity contribution is -0.717. The average Bonchev–Trinajstić information content (AvgIpc) is 3.49. The van der Waals surface area contributed by atoms with Gasteiger partial charge < -0.3 is 15.6 Å². The number of hydrogen-bond acceptors (Lipinski definition) is 4. The topological polar surface area (TPSA) is 109 Å². The number of nitrogens with zero attached hydrogens (tertiary/aromatic N) is 4. The highest BCUT2D eigenvalue weighted by atomic mass is 16.2. The number of hydrogen-bond donors (Lipinski definition) is 3. The zero-order valence-electron chi connectivity index (χ0n) is 19.7. The van der Waals surface area contributed by atoms with Crippen LogP contribution in [-0.2, 0) is 22.4 Å². The summed E-state index contributed by atoms with van der Waals surface area (Å²) in [5.74, 6) is 0.692. The summed E-state index contributed by atoms with van der Waals surface area (Å²) in [5, 5.41) is 10.3. The molecule has 1 aromatic carbocycles. The molecule has 0 saturated heterocycles. The number of benzene rings is 1. The van der Waals surface area contributed by atoms with Gasteiger partial charge in [0.25, 0.3) is 5.82 Å². The van der Waals surface area contributed by atoms with E-state index >= 15 is 0 Å². The maximum absolute atomic E-state index is 12.7. The second-order valence-electron chi connectivity index (χ2n) is 8.88. The molecule has 9 heteroatoms. The fourth-order valence-electron chi connectivity index (χ4n) is 4.79. The largest absolute Gasteiger partial charge is 0.357 e. The normalized spacial score (nSPS) is 15.8. The Morgan fingerprint density at radius 1 is 1.27 bits per heavy atom. The van der Waals surface area contributed by atoms with Crippen LogP contribution in [0.5, 0.6) is 0 Å². The molecule has 0 unspecified atom stereocenters. The van der Waals surface area contributed by atoms with Gasteiger partial charge >= 0.3 is 0 Å². The number of likely N-dealkylation sites (N-methyl/N-ethyl adjacent to an activating group) is 1. The molecule has 3 aromatic rings. The molecular formula is C24H32N7O2+. The number of aromatic amines is 1. The van der Waals surface area contributed by atoms with Crippen LogP contribution in [0.1, 0.15) is 53.5 Å². The first-order chi connectivity index (χ1) is 15.9. The van der Waals surface area contributed by atoms with Crippen LogP contribution >= 0.6 is 0 Å². The number of fused-ring (bicyclic) bond motifs is 1. The minimum atomic E-state index is -0.634. The zero-order valence-corrected chi connectivity index (χ0v) is 19.7. The minimum Gasteiger partial charge on any atom is -0.357 e. The van der Waals surface area contributed by atoms with Crippen molar-refractivity contribution in [2.75, 3.05) is 7.05 Å². The van der Waals surface area contributed by atoms with Gasteiger partial charge in [0.05, 0.1) is 12.4 Å². The number of nitrogens with one attached hydrogen (secondary N) is 3. The van der Waals surface area contributed by atoms with Crippen molar-refractivity contribution >= 4 is 11.8 Å². The lowest BCUT2D eigenvalue weighted by Gasteiger charge is -2.17. The van der Waals surface area contributed by atoms with Crippen LogP contribution in [-0.4, -0.2) is 44.7 Å². The van der Waals surface area contributed by atoms with Gasteiger partial charge in [-0.2, -0.15) is 0 Å². The van der Waals surface area contributed by atoms with E-state index in [-0.39, 0.29) is 17.9 Å². The van der Waals surface area contributed by atoms with Crippen molar-refractivity contribution < 1.29 is 14.2 Å². The number of H-pyrrole nitrogens is 1. The predicted octanol–water partition coefficient (Wildman–Crippen LogP) is 1.55. The summed E-state index contributed by atoms with van der Waals surface area (Å²) in [6, 6.07) is 3.93. The molecule has 1 aliphatic rings. The molecule has 0 bridgehead atoms. The van der Waals surface area contributed by atoms with Gasteiger partial charge in [-0.25, -0.2) is 9.55 Å². The summed E-state index contributed by atoms with van der Waals surface area (Å²) in [6.07, 6.45) is 8.56. The number of aryl methyl sites for hydroxylation is 4. The molecular weight excluding hydrogens is 418 g/mol. The standard InChI is InChI=1S/C24H31N7O2/c1-15-9-16(2)23(17(3)10-15)31-14-30-19(5-7-21(30)29-31)6-8-22(32)28-20(24(33)25-4)11-18-12-26-13-27-18/h9-10,12-14,19-20H,5-8,11H2,1-4H3,(H2-,25,26,27,28,32,33)/p+1/t19-,20+/m0/s1. The van der Waals surface area contributed by atoms with E-state index < -0.39 is 6.04 Å². The lowest BCUT2D eigenvalue weighted by atomic mass is 10.1. The average molecular weight is 451 g/mol. The zero-order chi connectivity index (χ0) is 23.5. The maximum Gasteiger partial charge on any atom is 0.278 e. The molecule has 0 fully saturated rings. The van der Waals surface area contributed by atoms with E-state index in [4.69, 9.17) is 5.10 Å². The van der Waals surface area contributed by atoms with E-state index in [0.717, 1.165) is 30.0 Å². The van der Waals surface area contributed by atoms with E-state index in [9.17, 15) is 9.59 Å². The van der Waals surface area contributed by atoms with Crippen LogP contribution < -0.4 is 15.2 Å². The lowest BCUT2D eigenvalue weighted by Crippen LogP contribution is -2.47. The summed E-state index contributed by atoms with van der Waals surface area (Å²) < 4.78 is 4.17. The van der Waals surface area contributed by atoms with E-state index in [2.05, 4.69) is 64.4 Å². The van der Waals surface area contributed by atoms with Gasteiger partial charge in [-0.05, 0) is 44.7 Å². The highest BCUT2D eigenvalue weighted by Gasteiger charge is 2.33. The molecule has 0 radical (unpaired) electrons. The number of carbonyl (C=O) groups is 2. The van der Waals surface area contributed by atoms with Crippen molar-refractivity contribution in [3.63, 3.8) is 0 Å². The van der Waals surface area contributed by atoms with Crippen molar-refractivity contribution in [1.82, 2.24) is 30.4 Å². The molecule has 1 aliphatic heterocycles. The molecule has 0 spiro atoms. The van der Waals surface area contributed by atoms with E-state index in [0.29, 0.717) is 19.3 Å². The van der Waals surface area contributed by atoms with Crippen molar-refractivity contribution in [2.24, 2.45) is 0 Å². The van der Waals surface area contributed by atoms with Crippen LogP contribution in [0.3, 0.4) is 0 Å². The van der Waals surface area contributed by atoms with Crippen molar-refractivity contribution in [1.29, 1.82) is 0 Å². The summed E-state index contributed by atoms with van der Waals surface area (Å²) in [4.78, 5) is 31.9. The molecule has 2 amide bonds. The highest BCUT2D eigenvalue weighted by molar-refractivity contribution is 5.87. The first-order valence-electron chi connectivity index (χ1n) is 11.4. The monoisotopic (exact) mass is 450 g/mol. The van der Waals surface area contributed by atoms with Gasteiger partial charge in [-0.3, -0.25) is 9.59 Å². The van der Waals surface area contributed by atoms with Crippen molar-refractivity contribution in [3.05, 3.63) is 59.2 Å². The van der Waals surface area contributed by atoms with Crippen LogP contribution in [0, 0.1) is 20.8 Å². The summed E-state index contributed by atoms with van der Waals surface area (Å²) in [7, 11) is 1.57. The molecule has 3 N–H and O–H groups in total. The first-order valence-corrected chi connectivity index (χ1v) is 11.4. The third kappa shape index (κ3) is 4.97. The summed E-state index contributed by atoms with van der Waals surface area (Å²) in [5.41, 5.74) is 5.55. The molecule has 4 rings (SSSR count). The number of rotatable bonds is 8. The Hall–Kier alpha value is -3.49. The van der Waals surface area contributed by atoms with E-state index in [1.165, 1.54) is 16.7 Å². The van der Waals surface area contributed by atoms with Crippen LogP contribution in [0.4, 0.5) is 0 Å². The third-order valence-corrected chi connectivity index (χ3v) is 6.30. The van der Waals surface area contributed by atoms with Crippen LogP contribution in [0.15, 0.2) is 31.0 Å². The summed E-state index contributed by atoms with van der Waals surface area (Å²) in [6.45, 7) is 6.33. The Morgan fingerprint density at radius 3 is 2.70 bits per heavy atom. The molecule has 2 atom stereocenters. The quantitative estimate of drug-likeness (QED) is 0.453. The molecule has 2 aromatic heterocycles. The Balaban J connectivity index is 1.40. The van der Waals surface area contributed by atoms with E-state index in [1.807, 2.05) is 4.68 Å². The number of amides is 2. The summed E-state index contributed by atoms with van der Waals surface area (Å²) >= 11 is 0. The molecule has 0 aliphatic carbocycles. The molecule has 3 heterocycles. The Morgan fingerprint density at radius 2 is 2.03 bits per heavy atom. The fraction of sp³-hybridized carbons (Fsp3) is 0.458. The van der Waals surface area contributed by atoms with Crippen molar-refractivity contribution in [3.8, 4) is 5.69 Å². The Kier molecular flexibility index (Phi) is 6.57. The molecule has 0 saturated carbocycles. The number of carbonyl (C=O) groups excluding carboxylic acids is 2. The van der Waals surface area contributed by atoms with Gasteiger partial charge in [-0.1, -0.05) is 22.4 Å². The van der Waals surface area contributed by atoms with Crippen LogP contribution in [0.2, 0.25) is 0 Å². The second kappa shape index (κ2) is 9.56. The first kappa shape index (κ1) is 22.7. The fourth-order valence-corrected chi connectivity index (χ4v) is 4.79. The smallest absolute Gasteiger partial charge is 0.278 e. The Bertz CT molecular complexity index is 1130.